The largest absolute Gasteiger partial charge is 0.462 e. The van der Waals surface area contributed by atoms with Crippen LogP contribution in [0.5, 0.6) is 0 Å². The third kappa shape index (κ3) is 6.65. The minimum Gasteiger partial charge on any atom is -0.462 e. The Balaban J connectivity index is 0.771. The second-order valence-corrected chi connectivity index (χ2v) is 30.8. The van der Waals surface area contributed by atoms with Crippen molar-refractivity contribution >= 4 is 11.9 Å². The molecule has 4 nitrogen and oxygen atoms in total. The first-order chi connectivity index (χ1) is 31.6. The predicted octanol–water partition coefficient (Wildman–Crippen LogP) is 16.9. The molecule has 0 N–H and O–H groups in total. The van der Waals surface area contributed by atoms with E-state index >= 15 is 0 Å². The zero-order valence-electron chi connectivity index (χ0n) is 46.9. The summed E-state index contributed by atoms with van der Waals surface area (Å²) in [5.74, 6) is 6.41. The van der Waals surface area contributed by atoms with Crippen molar-refractivity contribution in [3.05, 3.63) is 23.3 Å². The van der Waals surface area contributed by atoms with Gasteiger partial charge in [-0.25, -0.2) is 0 Å². The number of allylic oxidation sites excluding steroid dienone is 4. The quantitative estimate of drug-likeness (QED) is 0.204. The van der Waals surface area contributed by atoms with Crippen molar-refractivity contribution in [2.75, 3.05) is 0 Å². The molecule has 0 heterocycles. The van der Waals surface area contributed by atoms with Gasteiger partial charge in [0.15, 0.2) is 0 Å². The zero-order chi connectivity index (χ0) is 49.2. The van der Waals surface area contributed by atoms with E-state index in [1.54, 1.807) is 0 Å². The van der Waals surface area contributed by atoms with E-state index in [1.165, 1.54) is 89.9 Å². The molecule has 0 aromatic carbocycles. The summed E-state index contributed by atoms with van der Waals surface area (Å²) in [4.78, 5) is 27.7. The second kappa shape index (κ2) is 16.0. The molecule has 0 aliphatic heterocycles. The predicted molar refractivity (Wildman–Crippen MR) is 278 cm³/mol. The monoisotopic (exact) mass is 935 g/mol. The summed E-state index contributed by atoms with van der Waals surface area (Å²) in [7, 11) is 0. The van der Waals surface area contributed by atoms with E-state index in [4.69, 9.17) is 9.47 Å². The van der Waals surface area contributed by atoms with Crippen LogP contribution in [-0.4, -0.2) is 24.1 Å². The lowest BCUT2D eigenvalue weighted by Crippen LogP contribution is -2.65. The van der Waals surface area contributed by atoms with Crippen molar-refractivity contribution in [3.63, 3.8) is 0 Å². The van der Waals surface area contributed by atoms with Gasteiger partial charge < -0.3 is 9.47 Å². The van der Waals surface area contributed by atoms with Gasteiger partial charge >= 0.3 is 11.9 Å². The Labute approximate surface area is 417 Å². The Morgan fingerprint density at radius 3 is 1.19 bits per heavy atom. The average molecular weight is 936 g/mol. The number of ether oxygens (including phenoxy) is 2. The highest BCUT2D eigenvalue weighted by Crippen LogP contribution is 2.78. The molecule has 8 saturated carbocycles. The van der Waals surface area contributed by atoms with Crippen molar-refractivity contribution in [3.8, 4) is 0 Å². The SMILES string of the molecule is C[C@H]1[C@H](C)CC[C@]2(C)CC[C@]3(C)C(=CC[C@@H]4[C@@]5(C)CC[C@H](OC(=O)CCC(=O)O[C@H]6CC[C@]7(C)[C@H]8CC=C9[C@@H]%10[C@@H](C)[C@H](C)CC[C@]%10(C)CC[C@@]9(C)[C@]8(C)CC[C@H]7C6(C)C)C(C)(C)[C@@H]5CC[C@]43C)[C@H]12. The van der Waals surface area contributed by atoms with Crippen molar-refractivity contribution in [2.45, 2.75) is 251 Å². The molecule has 0 spiro atoms. The van der Waals surface area contributed by atoms with E-state index in [0.29, 0.717) is 34.5 Å². The smallest absolute Gasteiger partial charge is 0.306 e. The molecule has 382 valence electrons. The highest BCUT2D eigenvalue weighted by atomic mass is 16.6. The first-order valence-electron chi connectivity index (χ1n) is 29.4. The minimum absolute atomic E-state index is 0.108. The van der Waals surface area contributed by atoms with Crippen LogP contribution in [0.1, 0.15) is 239 Å². The van der Waals surface area contributed by atoms with Crippen LogP contribution in [-0.2, 0) is 19.1 Å². The maximum atomic E-state index is 13.8. The first kappa shape index (κ1) is 50.0. The number of hydrogen-bond acceptors (Lipinski definition) is 4. The lowest BCUT2D eigenvalue weighted by atomic mass is 9.33. The second-order valence-electron chi connectivity index (χ2n) is 30.8. The number of esters is 2. The van der Waals surface area contributed by atoms with E-state index in [0.717, 1.165) is 61.2 Å². The summed E-state index contributed by atoms with van der Waals surface area (Å²) in [5.41, 5.74) is 5.85. The molecule has 0 radical (unpaired) electrons. The number of hydrogen-bond donors (Lipinski definition) is 0. The molecule has 10 rings (SSSR count). The molecule has 8 fully saturated rings. The van der Waals surface area contributed by atoms with Crippen LogP contribution in [0.25, 0.3) is 0 Å². The fraction of sp³-hybridized carbons (Fsp3) is 0.906. The van der Waals surface area contributed by atoms with Crippen molar-refractivity contribution < 1.29 is 19.1 Å². The fourth-order valence-corrected chi connectivity index (χ4v) is 22.7. The lowest BCUT2D eigenvalue weighted by Gasteiger charge is -2.71. The van der Waals surface area contributed by atoms with E-state index in [9.17, 15) is 9.59 Å². The van der Waals surface area contributed by atoms with Gasteiger partial charge in [0.1, 0.15) is 12.2 Å². The van der Waals surface area contributed by atoms with Crippen molar-refractivity contribution in [1.82, 2.24) is 0 Å². The molecular formula is C64H102O4. The number of carbonyl (C=O) groups excluding carboxylic acids is 2. The van der Waals surface area contributed by atoms with Crippen molar-refractivity contribution in [1.29, 1.82) is 0 Å². The van der Waals surface area contributed by atoms with Crippen LogP contribution in [0.15, 0.2) is 23.3 Å². The third-order valence-electron chi connectivity index (χ3n) is 27.7. The van der Waals surface area contributed by atoms with Crippen LogP contribution in [0.2, 0.25) is 0 Å². The average Bonchev–Trinajstić information content (AvgIpc) is 3.26. The summed E-state index contributed by atoms with van der Waals surface area (Å²) in [6.45, 7) is 41.2. The Morgan fingerprint density at radius 1 is 0.456 bits per heavy atom. The van der Waals surface area contributed by atoms with Gasteiger partial charge in [-0.3, -0.25) is 9.59 Å². The van der Waals surface area contributed by atoms with Gasteiger partial charge in [-0.2, -0.15) is 0 Å². The van der Waals surface area contributed by atoms with Gasteiger partial charge in [0.25, 0.3) is 0 Å². The standard InChI is InChI=1S/C64H102O4/c1-39-23-29-57(9)35-37-61(13)43(53(57)41(39)3)17-19-47-59(11)31-27-49(55(5,6)45(59)25-33-63(47,61)15)67-51(65)21-22-52(66)68-50-28-32-60(12)46(56(50,7)8)26-34-64(16)48(60)20-18-44-54-42(4)40(2)24-30-58(54,10)36-38-62(44,64)14/h17-18,39-42,45-50,53-54H,19-38H2,1-16H3/t39-,40-,41+,42+,45+,46+,47-,48-,49+,50+,53+,54+,57-,58-,59+,60+,61-,62-,63-,64-/m1/s1. The van der Waals surface area contributed by atoms with E-state index in [-0.39, 0.29) is 80.3 Å². The highest BCUT2D eigenvalue weighted by Gasteiger charge is 2.70. The molecule has 68 heavy (non-hydrogen) atoms. The first-order valence-corrected chi connectivity index (χ1v) is 29.4. The molecule has 0 saturated heterocycles. The topological polar surface area (TPSA) is 52.6 Å². The molecule has 0 bridgehead atoms. The van der Waals surface area contributed by atoms with E-state index in [1.807, 2.05) is 11.1 Å². The summed E-state index contributed by atoms with van der Waals surface area (Å²) >= 11 is 0. The van der Waals surface area contributed by atoms with Crippen LogP contribution in [0.4, 0.5) is 0 Å². The molecule has 4 heteroatoms. The Bertz CT molecular complexity index is 1950. The summed E-state index contributed by atoms with van der Waals surface area (Å²) < 4.78 is 13.0. The van der Waals surface area contributed by atoms with Gasteiger partial charge in [0.2, 0.25) is 0 Å². The fourth-order valence-electron chi connectivity index (χ4n) is 22.7. The molecule has 10 aliphatic rings. The number of rotatable bonds is 5. The molecule has 10 aliphatic carbocycles. The lowest BCUT2D eigenvalue weighted by molar-refractivity contribution is -0.215. The summed E-state index contributed by atoms with van der Waals surface area (Å²) in [6.07, 6.45) is 28.0. The van der Waals surface area contributed by atoms with Gasteiger partial charge in [-0.1, -0.05) is 134 Å². The zero-order valence-corrected chi connectivity index (χ0v) is 46.9. The number of carbonyl (C=O) groups is 2. The van der Waals surface area contributed by atoms with E-state index < -0.39 is 0 Å². The van der Waals surface area contributed by atoms with Crippen LogP contribution >= 0.6 is 0 Å². The normalized spacial score (nSPS) is 54.2. The van der Waals surface area contributed by atoms with Crippen LogP contribution in [0, 0.1) is 113 Å². The molecule has 0 amide bonds. The van der Waals surface area contributed by atoms with Gasteiger partial charge in [0, 0.05) is 10.8 Å². The molecule has 0 unspecified atom stereocenters. The van der Waals surface area contributed by atoms with Crippen LogP contribution in [0.3, 0.4) is 0 Å². The minimum atomic E-state index is -0.219. The number of fused-ring (bicyclic) bond motifs is 14. The molecule has 0 aromatic rings. The maximum absolute atomic E-state index is 13.8. The molecule has 0 aromatic heterocycles. The Hall–Kier alpha value is -1.58. The van der Waals surface area contributed by atoms with Gasteiger partial charge in [-0.05, 0) is 218 Å². The van der Waals surface area contributed by atoms with E-state index in [2.05, 4.69) is 123 Å². The maximum Gasteiger partial charge on any atom is 0.306 e. The van der Waals surface area contributed by atoms with Crippen molar-refractivity contribution in [2.24, 2.45) is 113 Å². The summed E-state index contributed by atoms with van der Waals surface area (Å²) in [6, 6.07) is 0. The Morgan fingerprint density at radius 2 is 0.824 bits per heavy atom. The molecule has 20 atom stereocenters. The van der Waals surface area contributed by atoms with Gasteiger partial charge in [-0.15, -0.1) is 0 Å². The van der Waals surface area contributed by atoms with Gasteiger partial charge in [0.05, 0.1) is 12.8 Å². The highest BCUT2D eigenvalue weighted by molar-refractivity contribution is 5.78. The Kier molecular flexibility index (Phi) is 11.7. The molecular weight excluding hydrogens is 833 g/mol. The third-order valence-corrected chi connectivity index (χ3v) is 27.7. The van der Waals surface area contributed by atoms with Crippen LogP contribution < -0.4 is 0 Å². The summed E-state index contributed by atoms with van der Waals surface area (Å²) in [5, 5.41) is 0.